The first-order chi connectivity index (χ1) is 19.8. The number of fused-ring (bicyclic) bond motifs is 1. The van der Waals surface area contributed by atoms with Crippen LogP contribution in [0.1, 0.15) is 35.3 Å². The summed E-state index contributed by atoms with van der Waals surface area (Å²) in [6.07, 6.45) is 8.84. The average molecular weight is 573 g/mol. The number of halogens is 1. The summed E-state index contributed by atoms with van der Waals surface area (Å²) >= 11 is 6.81. The van der Waals surface area contributed by atoms with Crippen LogP contribution in [0.3, 0.4) is 0 Å². The molecule has 0 radical (unpaired) electrons. The second-order valence-corrected chi connectivity index (χ2v) is 11.5. The van der Waals surface area contributed by atoms with E-state index in [2.05, 4.69) is 38.8 Å². The van der Waals surface area contributed by atoms with Gasteiger partial charge >= 0.3 is 5.97 Å². The van der Waals surface area contributed by atoms with Gasteiger partial charge in [-0.05, 0) is 76.2 Å². The molecule has 2 fully saturated rings. The molecule has 1 aromatic carbocycles. The molecule has 0 bridgehead atoms. The largest absolute Gasteiger partial charge is 0.477 e. The Hall–Kier alpha value is -3.95. The van der Waals surface area contributed by atoms with Gasteiger partial charge in [0.05, 0.1) is 28.1 Å². The minimum atomic E-state index is -1.28. The summed E-state index contributed by atoms with van der Waals surface area (Å²) in [6, 6.07) is 14.2. The molecule has 0 saturated carbocycles. The Labute approximate surface area is 243 Å². The zero-order valence-electron chi connectivity index (χ0n) is 23.2. The molecular formula is C31H33ClN6O3. The second-order valence-electron chi connectivity index (χ2n) is 11.1. The summed E-state index contributed by atoms with van der Waals surface area (Å²) in [6.45, 7) is 2.67. The van der Waals surface area contributed by atoms with E-state index < -0.39 is 11.4 Å². The molecule has 9 nitrogen and oxygen atoms in total. The number of likely N-dealkylation sites (N-methyl/N-ethyl adjacent to an activating group) is 1. The SMILES string of the molecule is CN(C)C1CN(c2ccc(-n3cc(C(=O)O)c(=O)c4cc(Cl)c(N5CCC[C@@H]5CCc5ccccn5)cc43)cn2)C1. The van der Waals surface area contributed by atoms with Crippen molar-refractivity contribution in [3.8, 4) is 5.69 Å². The molecule has 1 N–H and O–H groups in total. The summed E-state index contributed by atoms with van der Waals surface area (Å²) in [5.74, 6) is -0.410. The number of carboxylic acid groups (broad SMARTS) is 1. The molecule has 212 valence electrons. The molecule has 41 heavy (non-hydrogen) atoms. The van der Waals surface area contributed by atoms with E-state index >= 15 is 0 Å². The number of nitrogens with zero attached hydrogens (tertiary/aromatic N) is 6. The molecule has 3 aromatic heterocycles. The first kappa shape index (κ1) is 27.2. The number of carboxylic acids is 1. The van der Waals surface area contributed by atoms with Crippen molar-refractivity contribution in [2.45, 2.75) is 37.8 Å². The van der Waals surface area contributed by atoms with Crippen LogP contribution in [0.5, 0.6) is 0 Å². The van der Waals surface area contributed by atoms with Crippen LogP contribution < -0.4 is 15.2 Å². The summed E-state index contributed by atoms with van der Waals surface area (Å²) in [5.41, 5.74) is 2.32. The number of aromatic carboxylic acids is 1. The maximum absolute atomic E-state index is 13.2. The predicted molar refractivity (Wildman–Crippen MR) is 162 cm³/mol. The van der Waals surface area contributed by atoms with Crippen molar-refractivity contribution in [3.63, 3.8) is 0 Å². The highest BCUT2D eigenvalue weighted by molar-refractivity contribution is 6.34. The van der Waals surface area contributed by atoms with Gasteiger partial charge in [-0.25, -0.2) is 9.78 Å². The average Bonchev–Trinajstić information content (AvgIpc) is 3.40. The van der Waals surface area contributed by atoms with Crippen molar-refractivity contribution < 1.29 is 9.90 Å². The van der Waals surface area contributed by atoms with E-state index in [1.807, 2.05) is 42.6 Å². The van der Waals surface area contributed by atoms with E-state index in [0.29, 0.717) is 22.3 Å². The molecule has 2 aliphatic rings. The number of carbonyl (C=O) groups is 1. The zero-order chi connectivity index (χ0) is 28.7. The van der Waals surface area contributed by atoms with Gasteiger partial charge in [0.1, 0.15) is 11.4 Å². The van der Waals surface area contributed by atoms with Crippen molar-refractivity contribution in [1.29, 1.82) is 0 Å². The molecule has 1 atom stereocenters. The summed E-state index contributed by atoms with van der Waals surface area (Å²) < 4.78 is 1.74. The Balaban J connectivity index is 1.37. The normalized spacial score (nSPS) is 17.4. The smallest absolute Gasteiger partial charge is 0.341 e. The number of hydrogen-bond donors (Lipinski definition) is 1. The number of pyridine rings is 3. The lowest BCUT2D eigenvalue weighted by molar-refractivity contribution is 0.0695. The fourth-order valence-corrected chi connectivity index (χ4v) is 6.18. The van der Waals surface area contributed by atoms with Crippen LogP contribution in [-0.2, 0) is 6.42 Å². The van der Waals surface area contributed by atoms with Crippen molar-refractivity contribution in [1.82, 2.24) is 19.4 Å². The third-order valence-electron chi connectivity index (χ3n) is 8.38. The van der Waals surface area contributed by atoms with Crippen molar-refractivity contribution in [3.05, 3.63) is 87.6 Å². The highest BCUT2D eigenvalue weighted by atomic mass is 35.5. The van der Waals surface area contributed by atoms with E-state index in [1.165, 1.54) is 6.20 Å². The van der Waals surface area contributed by atoms with Crippen LogP contribution in [0.4, 0.5) is 11.5 Å². The minimum Gasteiger partial charge on any atom is -0.477 e. The number of aromatic nitrogens is 3. The first-order valence-corrected chi connectivity index (χ1v) is 14.3. The summed E-state index contributed by atoms with van der Waals surface area (Å²) in [4.78, 5) is 41.1. The Kier molecular flexibility index (Phi) is 7.40. The monoisotopic (exact) mass is 572 g/mol. The van der Waals surface area contributed by atoms with E-state index in [-0.39, 0.29) is 17.0 Å². The Bertz CT molecular complexity index is 1630. The Morgan fingerprint density at radius 2 is 1.98 bits per heavy atom. The third kappa shape index (κ3) is 5.27. The quantitative estimate of drug-likeness (QED) is 0.330. The molecule has 0 aliphatic carbocycles. The van der Waals surface area contributed by atoms with Gasteiger partial charge in [-0.1, -0.05) is 17.7 Å². The van der Waals surface area contributed by atoms with Gasteiger partial charge in [0.2, 0.25) is 5.43 Å². The van der Waals surface area contributed by atoms with Gasteiger partial charge in [-0.3, -0.25) is 9.78 Å². The maximum Gasteiger partial charge on any atom is 0.341 e. The van der Waals surface area contributed by atoms with Crippen molar-refractivity contribution in [2.24, 2.45) is 0 Å². The van der Waals surface area contributed by atoms with Crippen LogP contribution in [0.15, 0.2) is 65.8 Å². The minimum absolute atomic E-state index is 0.267. The van der Waals surface area contributed by atoms with Gasteiger partial charge in [0.15, 0.2) is 0 Å². The van der Waals surface area contributed by atoms with E-state index in [0.717, 1.165) is 62.5 Å². The van der Waals surface area contributed by atoms with Crippen LogP contribution >= 0.6 is 11.6 Å². The van der Waals surface area contributed by atoms with Gasteiger partial charge in [0.25, 0.3) is 0 Å². The summed E-state index contributed by atoms with van der Waals surface area (Å²) in [7, 11) is 4.15. The summed E-state index contributed by atoms with van der Waals surface area (Å²) in [5, 5.41) is 10.5. The lowest BCUT2D eigenvalue weighted by Crippen LogP contribution is -2.57. The molecule has 5 heterocycles. The zero-order valence-corrected chi connectivity index (χ0v) is 24.0. The molecule has 10 heteroatoms. The first-order valence-electron chi connectivity index (χ1n) is 14.0. The molecule has 0 unspecified atom stereocenters. The number of rotatable bonds is 8. The van der Waals surface area contributed by atoms with Gasteiger partial charge < -0.3 is 24.4 Å². The third-order valence-corrected chi connectivity index (χ3v) is 8.68. The fourth-order valence-electron chi connectivity index (χ4n) is 5.91. The molecule has 0 spiro atoms. The van der Waals surface area contributed by atoms with E-state index in [1.54, 1.807) is 16.8 Å². The Morgan fingerprint density at radius 1 is 1.15 bits per heavy atom. The standard InChI is InChI=1S/C31H33ClN6O3/c1-35(2)23-17-36(18-23)29-11-10-22(16-34-29)38-19-25(31(40)41)30(39)24-14-26(32)28(15-27(24)38)37-13-5-7-21(37)9-8-20-6-3-4-12-33-20/h3-4,6,10-12,14-16,19,21,23H,5,7-9,13,17-18H2,1-2H3,(H,40,41)/t21-/m1/s1. The highest BCUT2D eigenvalue weighted by Gasteiger charge is 2.30. The van der Waals surface area contributed by atoms with Gasteiger partial charge in [-0.2, -0.15) is 0 Å². The molecule has 6 rings (SSSR count). The van der Waals surface area contributed by atoms with Crippen molar-refractivity contribution >= 4 is 40.0 Å². The Morgan fingerprint density at radius 3 is 2.66 bits per heavy atom. The van der Waals surface area contributed by atoms with Crippen LogP contribution in [0.2, 0.25) is 5.02 Å². The number of benzene rings is 1. The lowest BCUT2D eigenvalue weighted by atomic mass is 10.1. The number of hydrogen-bond acceptors (Lipinski definition) is 7. The fraction of sp³-hybridized carbons (Fsp3) is 0.355. The maximum atomic E-state index is 13.2. The molecule has 2 aliphatic heterocycles. The number of anilines is 2. The predicted octanol–water partition coefficient (Wildman–Crippen LogP) is 4.48. The molecule has 2 saturated heterocycles. The molecular weight excluding hydrogens is 540 g/mol. The molecule has 4 aromatic rings. The van der Waals surface area contributed by atoms with Crippen LogP contribution in [0, 0.1) is 0 Å². The van der Waals surface area contributed by atoms with Crippen LogP contribution in [-0.4, -0.2) is 76.3 Å². The van der Waals surface area contributed by atoms with Crippen LogP contribution in [0.25, 0.3) is 16.6 Å². The topological polar surface area (TPSA) is 94.8 Å². The van der Waals surface area contributed by atoms with E-state index in [4.69, 9.17) is 11.6 Å². The highest BCUT2D eigenvalue weighted by Crippen LogP contribution is 2.36. The van der Waals surface area contributed by atoms with E-state index in [9.17, 15) is 14.7 Å². The lowest BCUT2D eigenvalue weighted by Gasteiger charge is -2.43. The van der Waals surface area contributed by atoms with Gasteiger partial charge in [-0.15, -0.1) is 0 Å². The second kappa shape index (κ2) is 11.1. The van der Waals surface area contributed by atoms with Crippen molar-refractivity contribution in [2.75, 3.05) is 43.5 Å². The van der Waals surface area contributed by atoms with Gasteiger partial charge in [0, 0.05) is 55.2 Å². The number of aryl methyl sites for hydroxylation is 1. The molecule has 0 amide bonds.